The topological polar surface area (TPSA) is 41.6 Å². The van der Waals surface area contributed by atoms with Gasteiger partial charge in [-0.25, -0.2) is 0 Å². The highest BCUT2D eigenvalue weighted by Gasteiger charge is 2.41. The Balaban J connectivity index is 1.55. The monoisotopic (exact) mass is 286 g/mol. The molecule has 0 unspecified atom stereocenters. The van der Waals surface area contributed by atoms with E-state index in [1.807, 2.05) is 17.0 Å². The number of benzene rings is 1. The number of para-hydroxylation sites is 1. The lowest BCUT2D eigenvalue weighted by atomic mass is 9.80. The second-order valence-corrected chi connectivity index (χ2v) is 6.65. The molecule has 1 atom stereocenters. The van der Waals surface area contributed by atoms with Crippen LogP contribution in [0.15, 0.2) is 18.2 Å². The molecule has 0 saturated carbocycles. The van der Waals surface area contributed by atoms with Gasteiger partial charge in [-0.3, -0.25) is 4.79 Å². The SMILES string of the molecule is O=C(c1cccc2c1OCC2)N1CC[C@]2(CCCNC2)C1. The van der Waals surface area contributed by atoms with Crippen LogP contribution in [0, 0.1) is 5.41 Å². The minimum absolute atomic E-state index is 0.149. The molecule has 3 aliphatic rings. The van der Waals surface area contributed by atoms with Crippen molar-refractivity contribution in [3.63, 3.8) is 0 Å². The number of nitrogens with zero attached hydrogens (tertiary/aromatic N) is 1. The van der Waals surface area contributed by atoms with Crippen LogP contribution in [0.5, 0.6) is 5.75 Å². The van der Waals surface area contributed by atoms with Crippen LogP contribution in [0.4, 0.5) is 0 Å². The second-order valence-electron chi connectivity index (χ2n) is 6.65. The molecule has 4 heteroatoms. The number of nitrogens with one attached hydrogen (secondary N) is 1. The van der Waals surface area contributed by atoms with Gasteiger partial charge in [-0.15, -0.1) is 0 Å². The summed E-state index contributed by atoms with van der Waals surface area (Å²) in [6.45, 7) is 4.65. The Bertz CT molecular complexity index is 564. The Morgan fingerprint density at radius 3 is 3.14 bits per heavy atom. The lowest BCUT2D eigenvalue weighted by molar-refractivity contribution is 0.0760. The fraction of sp³-hybridized carbons (Fsp3) is 0.588. The van der Waals surface area contributed by atoms with Gasteiger partial charge in [-0.2, -0.15) is 0 Å². The van der Waals surface area contributed by atoms with E-state index in [9.17, 15) is 4.79 Å². The number of piperidine rings is 1. The average Bonchev–Trinajstić information content (AvgIpc) is 3.14. The first kappa shape index (κ1) is 13.1. The quantitative estimate of drug-likeness (QED) is 0.856. The molecule has 4 nitrogen and oxygen atoms in total. The molecule has 21 heavy (non-hydrogen) atoms. The first-order chi connectivity index (χ1) is 10.3. The molecule has 1 aromatic carbocycles. The summed E-state index contributed by atoms with van der Waals surface area (Å²) >= 11 is 0. The third-order valence-corrected chi connectivity index (χ3v) is 5.23. The number of amides is 1. The average molecular weight is 286 g/mol. The molecule has 3 heterocycles. The van der Waals surface area contributed by atoms with Crippen LogP contribution >= 0.6 is 0 Å². The van der Waals surface area contributed by atoms with Crippen molar-refractivity contribution in [2.75, 3.05) is 32.8 Å². The minimum atomic E-state index is 0.149. The zero-order valence-electron chi connectivity index (χ0n) is 12.4. The van der Waals surface area contributed by atoms with Crippen molar-refractivity contribution in [2.45, 2.75) is 25.7 Å². The van der Waals surface area contributed by atoms with Crippen LogP contribution in [0.2, 0.25) is 0 Å². The largest absolute Gasteiger partial charge is 0.492 e. The Morgan fingerprint density at radius 2 is 2.29 bits per heavy atom. The fourth-order valence-corrected chi connectivity index (χ4v) is 4.04. The third kappa shape index (κ3) is 2.22. The Hall–Kier alpha value is -1.55. The molecule has 0 bridgehead atoms. The number of likely N-dealkylation sites (tertiary alicyclic amines) is 1. The maximum atomic E-state index is 12.9. The van der Waals surface area contributed by atoms with E-state index in [1.165, 1.54) is 18.4 Å². The molecule has 0 radical (unpaired) electrons. The van der Waals surface area contributed by atoms with E-state index in [-0.39, 0.29) is 5.91 Å². The summed E-state index contributed by atoms with van der Waals surface area (Å²) in [6, 6.07) is 5.96. The molecule has 2 fully saturated rings. The summed E-state index contributed by atoms with van der Waals surface area (Å²) in [5, 5.41) is 3.50. The standard InChI is InChI=1S/C17H22N2O2/c20-16(14-4-1-3-13-5-10-21-15(13)14)19-9-7-17(12-19)6-2-8-18-11-17/h1,3-4,18H,2,5-12H2/t17-/m0/s1. The predicted molar refractivity (Wildman–Crippen MR) is 80.7 cm³/mol. The van der Waals surface area contributed by atoms with Crippen molar-refractivity contribution in [1.82, 2.24) is 10.2 Å². The summed E-state index contributed by atoms with van der Waals surface area (Å²) in [4.78, 5) is 14.9. The summed E-state index contributed by atoms with van der Waals surface area (Å²) in [6.07, 6.45) is 4.52. The molecule has 2 saturated heterocycles. The normalized spacial score (nSPS) is 27.7. The van der Waals surface area contributed by atoms with E-state index < -0.39 is 0 Å². The number of ether oxygens (including phenoxy) is 1. The van der Waals surface area contributed by atoms with E-state index in [4.69, 9.17) is 4.74 Å². The first-order valence-corrected chi connectivity index (χ1v) is 8.02. The van der Waals surface area contributed by atoms with Gasteiger partial charge in [0, 0.05) is 31.5 Å². The van der Waals surface area contributed by atoms with Crippen molar-refractivity contribution in [2.24, 2.45) is 5.41 Å². The lowest BCUT2D eigenvalue weighted by Gasteiger charge is -2.33. The highest BCUT2D eigenvalue weighted by atomic mass is 16.5. The van der Waals surface area contributed by atoms with E-state index in [0.717, 1.165) is 50.3 Å². The number of rotatable bonds is 1. The minimum Gasteiger partial charge on any atom is -0.492 e. The van der Waals surface area contributed by atoms with Crippen LogP contribution < -0.4 is 10.1 Å². The number of carbonyl (C=O) groups excluding carboxylic acids is 1. The van der Waals surface area contributed by atoms with Crippen molar-refractivity contribution >= 4 is 5.91 Å². The predicted octanol–water partition coefficient (Wildman–Crippen LogP) is 1.84. The summed E-state index contributed by atoms with van der Waals surface area (Å²) in [5.74, 6) is 0.974. The van der Waals surface area contributed by atoms with Crippen molar-refractivity contribution in [3.05, 3.63) is 29.3 Å². The third-order valence-electron chi connectivity index (χ3n) is 5.23. The lowest BCUT2D eigenvalue weighted by Crippen LogP contribution is -2.42. The first-order valence-electron chi connectivity index (χ1n) is 8.02. The van der Waals surface area contributed by atoms with Gasteiger partial charge in [0.1, 0.15) is 5.75 Å². The Labute approximate surface area is 125 Å². The van der Waals surface area contributed by atoms with Gasteiger partial charge in [0.25, 0.3) is 5.91 Å². The Morgan fingerprint density at radius 1 is 1.33 bits per heavy atom. The van der Waals surface area contributed by atoms with Crippen molar-refractivity contribution in [1.29, 1.82) is 0 Å². The van der Waals surface area contributed by atoms with Gasteiger partial charge in [-0.1, -0.05) is 12.1 Å². The Kier molecular flexibility index (Phi) is 3.14. The van der Waals surface area contributed by atoms with E-state index in [0.29, 0.717) is 12.0 Å². The number of hydrogen-bond acceptors (Lipinski definition) is 3. The molecule has 1 N–H and O–H groups in total. The fourth-order valence-electron chi connectivity index (χ4n) is 4.04. The zero-order valence-corrected chi connectivity index (χ0v) is 12.4. The molecule has 3 aliphatic heterocycles. The summed E-state index contributed by atoms with van der Waals surface area (Å²) in [7, 11) is 0. The second kappa shape index (κ2) is 5.02. The maximum absolute atomic E-state index is 12.9. The zero-order chi connectivity index (χ0) is 14.3. The van der Waals surface area contributed by atoms with Crippen LogP contribution in [0.25, 0.3) is 0 Å². The molecular formula is C17H22N2O2. The van der Waals surface area contributed by atoms with Gasteiger partial charge in [0.05, 0.1) is 12.2 Å². The molecule has 1 amide bonds. The molecule has 0 aromatic heterocycles. The van der Waals surface area contributed by atoms with Crippen LogP contribution in [0.3, 0.4) is 0 Å². The maximum Gasteiger partial charge on any atom is 0.257 e. The van der Waals surface area contributed by atoms with Gasteiger partial charge in [0.2, 0.25) is 0 Å². The van der Waals surface area contributed by atoms with E-state index in [2.05, 4.69) is 11.4 Å². The summed E-state index contributed by atoms with van der Waals surface area (Å²) < 4.78 is 5.69. The molecule has 4 rings (SSSR count). The molecule has 0 aliphatic carbocycles. The molecule has 112 valence electrons. The van der Waals surface area contributed by atoms with Gasteiger partial charge in [-0.05, 0) is 37.4 Å². The van der Waals surface area contributed by atoms with Gasteiger partial charge < -0.3 is 15.0 Å². The van der Waals surface area contributed by atoms with Crippen LogP contribution in [-0.2, 0) is 6.42 Å². The van der Waals surface area contributed by atoms with Gasteiger partial charge >= 0.3 is 0 Å². The van der Waals surface area contributed by atoms with Crippen LogP contribution in [-0.4, -0.2) is 43.6 Å². The van der Waals surface area contributed by atoms with Gasteiger partial charge in [0.15, 0.2) is 0 Å². The smallest absolute Gasteiger partial charge is 0.257 e. The molecular weight excluding hydrogens is 264 g/mol. The number of fused-ring (bicyclic) bond motifs is 1. The van der Waals surface area contributed by atoms with E-state index >= 15 is 0 Å². The highest BCUT2D eigenvalue weighted by molar-refractivity contribution is 5.97. The molecule has 1 aromatic rings. The van der Waals surface area contributed by atoms with Crippen LogP contribution in [0.1, 0.15) is 35.2 Å². The van der Waals surface area contributed by atoms with E-state index in [1.54, 1.807) is 0 Å². The highest BCUT2D eigenvalue weighted by Crippen LogP contribution is 2.38. The number of hydrogen-bond donors (Lipinski definition) is 1. The van der Waals surface area contributed by atoms with Crippen molar-refractivity contribution < 1.29 is 9.53 Å². The summed E-state index contributed by atoms with van der Waals surface area (Å²) in [5.41, 5.74) is 2.24. The molecule has 1 spiro atoms. The van der Waals surface area contributed by atoms with Crippen molar-refractivity contribution in [3.8, 4) is 5.75 Å². The number of carbonyl (C=O) groups is 1.